The van der Waals surface area contributed by atoms with Gasteiger partial charge in [0.05, 0.1) is 11.2 Å². The molecule has 2 N–H and O–H groups in total. The number of fused-ring (bicyclic) bond motifs is 2. The predicted octanol–water partition coefficient (Wildman–Crippen LogP) is 4.86. The number of H-pyrrole nitrogens is 1. The van der Waals surface area contributed by atoms with Crippen molar-refractivity contribution in [3.05, 3.63) is 76.8 Å². The Balaban J connectivity index is 1.29. The predicted molar refractivity (Wildman–Crippen MR) is 150 cm³/mol. The highest BCUT2D eigenvalue weighted by Crippen LogP contribution is 2.32. The average Bonchev–Trinajstić information content (AvgIpc) is 3.55. The summed E-state index contributed by atoms with van der Waals surface area (Å²) in [5.41, 5.74) is 9.33. The molecule has 0 amide bonds. The molecule has 0 unspecified atom stereocenters. The second kappa shape index (κ2) is 10.3. The number of furan rings is 1. The molecule has 8 nitrogen and oxygen atoms in total. The van der Waals surface area contributed by atoms with Crippen LogP contribution in [0.1, 0.15) is 35.0 Å². The molecule has 4 heterocycles. The van der Waals surface area contributed by atoms with Crippen LogP contribution in [0.15, 0.2) is 53.1 Å². The lowest BCUT2D eigenvalue weighted by molar-refractivity contribution is 0.148. The third-order valence-corrected chi connectivity index (χ3v) is 7.04. The monoisotopic (exact) mass is 505 g/mol. The number of aromatic amines is 1. The zero-order valence-corrected chi connectivity index (χ0v) is 22.0. The Morgan fingerprint density at radius 2 is 1.92 bits per heavy atom. The lowest BCUT2D eigenvalue weighted by Crippen LogP contribution is -2.43. The van der Waals surface area contributed by atoms with Gasteiger partial charge in [0.25, 0.3) is 0 Å². The number of benzene rings is 2. The van der Waals surface area contributed by atoms with Crippen LogP contribution in [0.25, 0.3) is 22.0 Å². The van der Waals surface area contributed by atoms with Gasteiger partial charge in [-0.05, 0) is 73.8 Å². The van der Waals surface area contributed by atoms with E-state index >= 15 is 0 Å². The van der Waals surface area contributed by atoms with Crippen molar-refractivity contribution in [2.75, 3.05) is 38.5 Å². The van der Waals surface area contributed by atoms with E-state index in [0.29, 0.717) is 11.3 Å². The maximum Gasteiger partial charge on any atom is 0.170 e. The molecular formula is C30H31N7O. The summed E-state index contributed by atoms with van der Waals surface area (Å²) in [4.78, 5) is 9.68. The third-order valence-electron chi connectivity index (χ3n) is 7.04. The number of anilines is 2. The molecule has 2 aromatic carbocycles. The van der Waals surface area contributed by atoms with Crippen molar-refractivity contribution in [3.63, 3.8) is 0 Å². The summed E-state index contributed by atoms with van der Waals surface area (Å²) in [5.74, 6) is 6.45. The second-order valence-electron chi connectivity index (χ2n) is 10.0. The Morgan fingerprint density at radius 3 is 2.76 bits per heavy atom. The fraction of sp³-hybridized carbons (Fsp3) is 0.300. The third kappa shape index (κ3) is 5.12. The van der Waals surface area contributed by atoms with E-state index < -0.39 is 0 Å². The molecule has 5 aromatic rings. The van der Waals surface area contributed by atoms with E-state index in [1.165, 1.54) is 11.1 Å². The number of hydrogen-bond donors (Lipinski definition) is 2. The first-order valence-corrected chi connectivity index (χ1v) is 13.1. The van der Waals surface area contributed by atoms with Gasteiger partial charge in [0.1, 0.15) is 11.8 Å². The van der Waals surface area contributed by atoms with Crippen LogP contribution in [0.2, 0.25) is 0 Å². The van der Waals surface area contributed by atoms with Gasteiger partial charge < -0.3 is 14.6 Å². The van der Waals surface area contributed by atoms with Crippen LogP contribution in [0.3, 0.4) is 0 Å². The maximum absolute atomic E-state index is 6.02. The summed E-state index contributed by atoms with van der Waals surface area (Å²) < 4.78 is 6.02. The van der Waals surface area contributed by atoms with E-state index in [1.807, 2.05) is 18.2 Å². The summed E-state index contributed by atoms with van der Waals surface area (Å²) in [7, 11) is 2.19. The molecule has 0 atom stereocenters. The Bertz CT molecular complexity index is 1660. The molecular weight excluding hydrogens is 474 g/mol. The minimum absolute atomic E-state index is 0.632. The van der Waals surface area contributed by atoms with Crippen LogP contribution >= 0.6 is 0 Å². The van der Waals surface area contributed by atoms with Gasteiger partial charge in [-0.15, -0.1) is 5.10 Å². The quantitative estimate of drug-likeness (QED) is 0.330. The number of aromatic nitrogens is 4. The van der Waals surface area contributed by atoms with E-state index in [9.17, 15) is 0 Å². The second-order valence-corrected chi connectivity index (χ2v) is 10.0. The highest BCUT2D eigenvalue weighted by Gasteiger charge is 2.16. The van der Waals surface area contributed by atoms with E-state index in [4.69, 9.17) is 9.40 Å². The van der Waals surface area contributed by atoms with Crippen LogP contribution in [0, 0.1) is 18.8 Å². The molecule has 1 aliphatic rings. The van der Waals surface area contributed by atoms with Crippen LogP contribution < -0.4 is 5.32 Å². The number of aryl methyl sites for hydroxylation is 2. The van der Waals surface area contributed by atoms with Crippen molar-refractivity contribution in [2.45, 2.75) is 26.8 Å². The zero-order chi connectivity index (χ0) is 26.1. The summed E-state index contributed by atoms with van der Waals surface area (Å²) in [5, 5.41) is 15.4. The molecule has 3 aromatic heterocycles. The van der Waals surface area contributed by atoms with Crippen LogP contribution in [-0.2, 0) is 13.0 Å². The van der Waals surface area contributed by atoms with Gasteiger partial charge in [-0.3, -0.25) is 10.00 Å². The molecule has 38 heavy (non-hydrogen) atoms. The van der Waals surface area contributed by atoms with Crippen molar-refractivity contribution < 1.29 is 4.42 Å². The molecule has 192 valence electrons. The molecule has 6 rings (SSSR count). The molecule has 0 bridgehead atoms. The average molecular weight is 506 g/mol. The molecule has 0 aliphatic carbocycles. The Hall–Kier alpha value is -4.19. The first-order valence-electron chi connectivity index (χ1n) is 13.1. The van der Waals surface area contributed by atoms with Gasteiger partial charge in [0, 0.05) is 55.1 Å². The molecule has 0 radical (unpaired) electrons. The molecule has 0 spiro atoms. The van der Waals surface area contributed by atoms with Gasteiger partial charge in [-0.2, -0.15) is 0 Å². The number of nitrogens with zero attached hydrogens (tertiary/aromatic N) is 5. The topological polar surface area (TPSA) is 86.1 Å². The maximum atomic E-state index is 6.02. The lowest BCUT2D eigenvalue weighted by Gasteiger charge is -2.32. The Morgan fingerprint density at radius 1 is 1.05 bits per heavy atom. The molecule has 1 aliphatic heterocycles. The van der Waals surface area contributed by atoms with E-state index in [0.717, 1.165) is 78.2 Å². The van der Waals surface area contributed by atoms with E-state index in [-0.39, 0.29) is 0 Å². The van der Waals surface area contributed by atoms with Crippen molar-refractivity contribution in [2.24, 2.45) is 0 Å². The fourth-order valence-corrected chi connectivity index (χ4v) is 4.95. The minimum atomic E-state index is 0.632. The van der Waals surface area contributed by atoms with Gasteiger partial charge in [0.2, 0.25) is 0 Å². The van der Waals surface area contributed by atoms with Crippen LogP contribution in [-0.4, -0.2) is 63.4 Å². The normalized spacial score (nSPS) is 14.6. The van der Waals surface area contributed by atoms with Crippen LogP contribution in [0.5, 0.6) is 0 Å². The number of rotatable bonds is 5. The smallest absolute Gasteiger partial charge is 0.170 e. The number of nitrogens with one attached hydrogen (secondary N) is 2. The SMILES string of the molecule is CCc1cc2c(Nc3cc(C)cc(CN4CCN(C)CC4)c3)coc2c(C#Cc2ccc3[nH]nnc3c2)n1. The Labute approximate surface area is 222 Å². The first-order chi connectivity index (χ1) is 18.5. The van der Waals surface area contributed by atoms with Gasteiger partial charge in [0.15, 0.2) is 11.3 Å². The molecule has 8 heteroatoms. The number of hydrogen-bond acceptors (Lipinski definition) is 7. The molecule has 0 saturated carbocycles. The minimum Gasteiger partial charge on any atom is -0.459 e. The standard InChI is InChI=1S/C30H31N7O/c1-4-23-17-25-29(32-24-14-20(2)13-22(15-24)18-37-11-9-36(3)10-12-37)19-38-30(25)27(31-23)8-6-21-5-7-26-28(16-21)34-35-33-26/h5,7,13-17,19,32H,4,9-12,18H2,1-3H3,(H,33,34,35). The van der Waals surface area contributed by atoms with Crippen molar-refractivity contribution >= 4 is 33.4 Å². The zero-order valence-electron chi connectivity index (χ0n) is 22.0. The number of pyridine rings is 1. The van der Waals surface area contributed by atoms with Gasteiger partial charge in [-0.25, -0.2) is 4.98 Å². The summed E-state index contributed by atoms with van der Waals surface area (Å²) >= 11 is 0. The largest absolute Gasteiger partial charge is 0.459 e. The Kier molecular flexibility index (Phi) is 6.54. The van der Waals surface area contributed by atoms with E-state index in [1.54, 1.807) is 6.26 Å². The first kappa shape index (κ1) is 24.2. The van der Waals surface area contributed by atoms with E-state index in [2.05, 4.69) is 87.5 Å². The summed E-state index contributed by atoms with van der Waals surface area (Å²) in [6.45, 7) is 9.64. The highest BCUT2D eigenvalue weighted by molar-refractivity contribution is 5.95. The number of piperazine rings is 1. The molecule has 1 fully saturated rings. The van der Waals surface area contributed by atoms with Crippen molar-refractivity contribution in [3.8, 4) is 11.8 Å². The van der Waals surface area contributed by atoms with Crippen molar-refractivity contribution in [1.82, 2.24) is 30.2 Å². The summed E-state index contributed by atoms with van der Waals surface area (Å²) in [6, 6.07) is 14.6. The van der Waals surface area contributed by atoms with Crippen molar-refractivity contribution in [1.29, 1.82) is 0 Å². The van der Waals surface area contributed by atoms with Crippen LogP contribution in [0.4, 0.5) is 11.4 Å². The van der Waals surface area contributed by atoms with Gasteiger partial charge >= 0.3 is 0 Å². The summed E-state index contributed by atoms with van der Waals surface area (Å²) in [6.07, 6.45) is 2.57. The highest BCUT2D eigenvalue weighted by atomic mass is 16.3. The lowest BCUT2D eigenvalue weighted by atomic mass is 10.1. The fourth-order valence-electron chi connectivity index (χ4n) is 4.95. The molecule has 1 saturated heterocycles. The number of likely N-dealkylation sites (N-methyl/N-ethyl adjacent to an activating group) is 1. The van der Waals surface area contributed by atoms with Gasteiger partial charge in [-0.1, -0.05) is 24.1 Å².